The van der Waals surface area contributed by atoms with Crippen LogP contribution in [0.4, 0.5) is 13.2 Å². The van der Waals surface area contributed by atoms with Crippen molar-refractivity contribution in [3.63, 3.8) is 0 Å². The van der Waals surface area contributed by atoms with E-state index in [2.05, 4.69) is 10.3 Å². The predicted molar refractivity (Wildman–Crippen MR) is 75.6 cm³/mol. The molecule has 21 heavy (non-hydrogen) atoms. The molecule has 2 rings (SSSR count). The summed E-state index contributed by atoms with van der Waals surface area (Å²) in [6, 6.07) is -0.332. The lowest BCUT2D eigenvalue weighted by Gasteiger charge is -2.16. The summed E-state index contributed by atoms with van der Waals surface area (Å²) in [5.74, 6) is 1.50. The van der Waals surface area contributed by atoms with Crippen LogP contribution in [0.15, 0.2) is 10.6 Å². The Labute approximate surface area is 125 Å². The van der Waals surface area contributed by atoms with Gasteiger partial charge in [-0.3, -0.25) is 0 Å². The maximum Gasteiger partial charge on any atom is 0.443 e. The van der Waals surface area contributed by atoms with Gasteiger partial charge in [0.1, 0.15) is 11.5 Å². The molecule has 116 valence electrons. The van der Waals surface area contributed by atoms with Crippen LogP contribution in [0.1, 0.15) is 45.5 Å². The molecule has 1 N–H and O–H groups in total. The zero-order valence-electron chi connectivity index (χ0n) is 12.3. The van der Waals surface area contributed by atoms with Gasteiger partial charge in [0.2, 0.25) is 0 Å². The van der Waals surface area contributed by atoms with Gasteiger partial charge in [0.25, 0.3) is 0 Å². The second kappa shape index (κ2) is 5.81. The first-order chi connectivity index (χ1) is 9.75. The third-order valence-corrected chi connectivity index (χ3v) is 4.47. The van der Waals surface area contributed by atoms with E-state index in [-0.39, 0.29) is 6.04 Å². The summed E-state index contributed by atoms with van der Waals surface area (Å²) >= 11 is 0.669. The first kappa shape index (κ1) is 16.0. The lowest BCUT2D eigenvalue weighted by atomic mass is 10.0. The number of furan rings is 1. The van der Waals surface area contributed by atoms with Crippen LogP contribution in [-0.4, -0.2) is 11.5 Å². The second-order valence-electron chi connectivity index (χ2n) is 4.81. The van der Waals surface area contributed by atoms with Gasteiger partial charge in [-0.25, -0.2) is 4.98 Å². The van der Waals surface area contributed by atoms with Crippen molar-refractivity contribution < 1.29 is 17.6 Å². The number of nitrogens with zero attached hydrogens (tertiary/aromatic N) is 1. The van der Waals surface area contributed by atoms with E-state index in [9.17, 15) is 13.2 Å². The van der Waals surface area contributed by atoms with Gasteiger partial charge in [-0.05, 0) is 32.9 Å². The lowest BCUT2D eigenvalue weighted by Crippen LogP contribution is -2.22. The van der Waals surface area contributed by atoms with E-state index in [1.165, 1.54) is 6.20 Å². The Bertz CT molecular complexity index is 631. The highest BCUT2D eigenvalue weighted by Crippen LogP contribution is 2.38. The van der Waals surface area contributed by atoms with Crippen molar-refractivity contribution in [1.29, 1.82) is 0 Å². The monoisotopic (exact) mass is 318 g/mol. The third kappa shape index (κ3) is 3.13. The Balaban J connectivity index is 2.46. The zero-order chi connectivity index (χ0) is 15.8. The number of rotatable bonds is 4. The minimum Gasteiger partial charge on any atom is -0.466 e. The summed E-state index contributed by atoms with van der Waals surface area (Å²) in [6.07, 6.45) is -3.11. The van der Waals surface area contributed by atoms with Crippen molar-refractivity contribution in [1.82, 2.24) is 10.3 Å². The fourth-order valence-corrected chi connectivity index (χ4v) is 3.20. The van der Waals surface area contributed by atoms with Gasteiger partial charge in [0, 0.05) is 16.6 Å². The fourth-order valence-electron chi connectivity index (χ4n) is 2.33. The van der Waals surface area contributed by atoms with Crippen LogP contribution >= 0.6 is 11.3 Å². The summed E-state index contributed by atoms with van der Waals surface area (Å²) in [5.41, 5.74) is 1.85. The molecule has 2 heterocycles. The summed E-state index contributed by atoms with van der Waals surface area (Å²) in [5, 5.41) is 2.39. The zero-order valence-corrected chi connectivity index (χ0v) is 13.1. The Hall–Kier alpha value is -1.34. The molecule has 1 atom stereocenters. The highest BCUT2D eigenvalue weighted by Gasteiger charge is 2.36. The molecule has 2 aromatic rings. The van der Waals surface area contributed by atoms with Crippen LogP contribution in [-0.2, 0) is 6.18 Å². The van der Waals surface area contributed by atoms with E-state index >= 15 is 0 Å². The summed E-state index contributed by atoms with van der Waals surface area (Å²) < 4.78 is 43.8. The molecular formula is C14H17F3N2OS. The van der Waals surface area contributed by atoms with Gasteiger partial charge in [0.15, 0.2) is 5.01 Å². The summed E-state index contributed by atoms with van der Waals surface area (Å²) in [6.45, 7) is 8.13. The van der Waals surface area contributed by atoms with Gasteiger partial charge in [0.05, 0.1) is 6.04 Å². The molecule has 0 fully saturated rings. The number of halogens is 3. The maximum absolute atomic E-state index is 12.7. The van der Waals surface area contributed by atoms with Gasteiger partial charge < -0.3 is 9.73 Å². The molecule has 0 aliphatic heterocycles. The van der Waals surface area contributed by atoms with E-state index in [4.69, 9.17) is 4.42 Å². The highest BCUT2D eigenvalue weighted by molar-refractivity contribution is 7.11. The molecule has 0 aliphatic carbocycles. The molecule has 0 aliphatic rings. The van der Waals surface area contributed by atoms with Crippen molar-refractivity contribution in [2.24, 2.45) is 0 Å². The Kier molecular flexibility index (Phi) is 4.43. The van der Waals surface area contributed by atoms with Crippen LogP contribution < -0.4 is 5.32 Å². The Morgan fingerprint density at radius 2 is 1.95 bits per heavy atom. The molecule has 0 spiro atoms. The topological polar surface area (TPSA) is 38.1 Å². The Morgan fingerprint density at radius 1 is 1.29 bits per heavy atom. The van der Waals surface area contributed by atoms with E-state index in [0.717, 1.165) is 22.6 Å². The number of hydrogen-bond acceptors (Lipinski definition) is 4. The fraction of sp³-hybridized carbons (Fsp3) is 0.500. The predicted octanol–water partition coefficient (Wildman–Crippen LogP) is 4.38. The number of aromatic nitrogens is 1. The second-order valence-corrected chi connectivity index (χ2v) is 5.87. The first-order valence-corrected chi connectivity index (χ1v) is 7.40. The molecule has 0 amide bonds. The molecule has 0 radical (unpaired) electrons. The van der Waals surface area contributed by atoms with Crippen LogP contribution in [0, 0.1) is 20.8 Å². The van der Waals surface area contributed by atoms with E-state index in [0.29, 0.717) is 22.8 Å². The first-order valence-electron chi connectivity index (χ1n) is 6.58. The van der Waals surface area contributed by atoms with Crippen molar-refractivity contribution in [2.75, 3.05) is 6.54 Å². The molecule has 0 saturated carbocycles. The van der Waals surface area contributed by atoms with Crippen LogP contribution in [0.2, 0.25) is 0 Å². The van der Waals surface area contributed by atoms with Gasteiger partial charge >= 0.3 is 6.18 Å². The van der Waals surface area contributed by atoms with E-state index < -0.39 is 11.2 Å². The van der Waals surface area contributed by atoms with Crippen LogP contribution in [0.5, 0.6) is 0 Å². The van der Waals surface area contributed by atoms with E-state index in [1.54, 1.807) is 0 Å². The van der Waals surface area contributed by atoms with Crippen molar-refractivity contribution >= 4 is 11.3 Å². The van der Waals surface area contributed by atoms with Gasteiger partial charge in [-0.2, -0.15) is 13.2 Å². The number of alkyl halides is 3. The minimum atomic E-state index is -4.41. The van der Waals surface area contributed by atoms with Crippen molar-refractivity contribution in [2.45, 2.75) is 39.9 Å². The van der Waals surface area contributed by atoms with Gasteiger partial charge in [-0.1, -0.05) is 6.92 Å². The number of hydrogen-bond donors (Lipinski definition) is 1. The quantitative estimate of drug-likeness (QED) is 0.909. The number of nitrogens with one attached hydrogen (secondary N) is 1. The smallest absolute Gasteiger partial charge is 0.443 e. The molecular weight excluding hydrogens is 301 g/mol. The average Bonchev–Trinajstić information content (AvgIpc) is 2.94. The SMILES string of the molecule is CCNC(c1cnc(C(F)(F)F)s1)c1c(C)oc(C)c1C. The van der Waals surface area contributed by atoms with Gasteiger partial charge in [-0.15, -0.1) is 11.3 Å². The molecule has 1 unspecified atom stereocenters. The highest BCUT2D eigenvalue weighted by atomic mass is 32.1. The number of thiazole rings is 1. The molecule has 0 saturated heterocycles. The van der Waals surface area contributed by atoms with Crippen LogP contribution in [0.3, 0.4) is 0 Å². The largest absolute Gasteiger partial charge is 0.466 e. The minimum absolute atomic E-state index is 0.332. The van der Waals surface area contributed by atoms with E-state index in [1.807, 2.05) is 27.7 Å². The standard InChI is InChI=1S/C14H17F3N2OS/c1-5-18-12(11-7(2)8(3)20-9(11)4)10-6-19-13(21-10)14(15,16)17/h6,12,18H,5H2,1-4H3. The average molecular weight is 318 g/mol. The third-order valence-electron chi connectivity index (χ3n) is 3.37. The van der Waals surface area contributed by atoms with Crippen molar-refractivity contribution in [3.05, 3.63) is 38.7 Å². The summed E-state index contributed by atoms with van der Waals surface area (Å²) in [7, 11) is 0. The number of aryl methyl sites for hydroxylation is 2. The lowest BCUT2D eigenvalue weighted by molar-refractivity contribution is -0.137. The maximum atomic E-state index is 12.7. The molecule has 7 heteroatoms. The molecule has 3 nitrogen and oxygen atoms in total. The summed E-state index contributed by atoms with van der Waals surface area (Å²) in [4.78, 5) is 4.04. The van der Waals surface area contributed by atoms with Crippen molar-refractivity contribution in [3.8, 4) is 0 Å². The molecule has 0 aromatic carbocycles. The molecule has 0 bridgehead atoms. The molecule has 2 aromatic heterocycles. The normalized spacial score (nSPS) is 13.7. The Morgan fingerprint density at radius 3 is 2.38 bits per heavy atom. The van der Waals surface area contributed by atoms with Crippen LogP contribution in [0.25, 0.3) is 0 Å².